The van der Waals surface area contributed by atoms with Crippen LogP contribution in [0.5, 0.6) is 17.2 Å². The normalized spacial score (nSPS) is 11.9. The first-order valence-electron chi connectivity index (χ1n) is 7.45. The number of aldehydes is 1. The maximum atomic E-state index is 12.1. The van der Waals surface area contributed by atoms with Crippen LogP contribution in [0, 0.1) is 13.8 Å². The Morgan fingerprint density at radius 1 is 1.17 bits per heavy atom. The number of benzene rings is 2. The van der Waals surface area contributed by atoms with Crippen molar-refractivity contribution in [3.63, 3.8) is 0 Å². The zero-order chi connectivity index (χ0) is 17.1. The monoisotopic (exact) mass is 327 g/mol. The Morgan fingerprint density at radius 2 is 1.88 bits per heavy atom. The van der Waals surface area contributed by atoms with Crippen LogP contribution in [0.4, 0.5) is 5.69 Å². The summed E-state index contributed by atoms with van der Waals surface area (Å²) in [5, 5.41) is 2.75. The van der Waals surface area contributed by atoms with Crippen molar-refractivity contribution in [1.29, 1.82) is 0 Å². The van der Waals surface area contributed by atoms with Gasteiger partial charge in [0.15, 0.2) is 18.1 Å². The van der Waals surface area contributed by atoms with Crippen LogP contribution in [0.15, 0.2) is 30.3 Å². The lowest BCUT2D eigenvalue weighted by molar-refractivity contribution is -0.118. The highest BCUT2D eigenvalue weighted by Crippen LogP contribution is 2.34. The molecule has 0 fully saturated rings. The van der Waals surface area contributed by atoms with E-state index in [4.69, 9.17) is 14.2 Å². The largest absolute Gasteiger partial charge is 0.483 e. The topological polar surface area (TPSA) is 73.9 Å². The van der Waals surface area contributed by atoms with Crippen LogP contribution in [-0.4, -0.2) is 25.6 Å². The van der Waals surface area contributed by atoms with Gasteiger partial charge in [-0.2, -0.15) is 0 Å². The van der Waals surface area contributed by atoms with E-state index in [0.29, 0.717) is 28.5 Å². The Bertz CT molecular complexity index is 777. The average Bonchev–Trinajstić information content (AvgIpc) is 3.01. The number of fused-ring (bicyclic) bond motifs is 1. The number of carbonyl (C=O) groups excluding carboxylic acids is 2. The highest BCUT2D eigenvalue weighted by Gasteiger charge is 2.15. The van der Waals surface area contributed by atoms with Gasteiger partial charge >= 0.3 is 0 Å². The molecule has 1 aliphatic heterocycles. The highest BCUT2D eigenvalue weighted by molar-refractivity contribution is 5.92. The van der Waals surface area contributed by atoms with Crippen LogP contribution >= 0.6 is 0 Å². The third-order valence-electron chi connectivity index (χ3n) is 3.62. The molecule has 6 heteroatoms. The van der Waals surface area contributed by atoms with E-state index in [9.17, 15) is 9.59 Å². The van der Waals surface area contributed by atoms with E-state index in [1.165, 1.54) is 0 Å². The van der Waals surface area contributed by atoms with E-state index >= 15 is 0 Å². The molecule has 1 N–H and O–H groups in total. The maximum absolute atomic E-state index is 12.1. The molecule has 0 bridgehead atoms. The van der Waals surface area contributed by atoms with Gasteiger partial charge in [0.25, 0.3) is 5.91 Å². The van der Waals surface area contributed by atoms with Gasteiger partial charge in [0.05, 0.1) is 0 Å². The number of hydrogen-bond acceptors (Lipinski definition) is 5. The van der Waals surface area contributed by atoms with Gasteiger partial charge in [0, 0.05) is 17.3 Å². The molecule has 1 aliphatic rings. The number of nitrogens with one attached hydrogen (secondary N) is 1. The summed E-state index contributed by atoms with van der Waals surface area (Å²) in [6.45, 7) is 3.73. The van der Waals surface area contributed by atoms with E-state index < -0.39 is 0 Å². The third kappa shape index (κ3) is 3.32. The lowest BCUT2D eigenvalue weighted by Gasteiger charge is -2.13. The van der Waals surface area contributed by atoms with Crippen molar-refractivity contribution >= 4 is 17.9 Å². The van der Waals surface area contributed by atoms with Gasteiger partial charge in [-0.3, -0.25) is 9.59 Å². The first-order chi connectivity index (χ1) is 11.6. The Morgan fingerprint density at radius 3 is 2.58 bits per heavy atom. The predicted octanol–water partition coefficient (Wildman–Crippen LogP) is 2.86. The van der Waals surface area contributed by atoms with Crippen molar-refractivity contribution < 1.29 is 23.8 Å². The first kappa shape index (κ1) is 15.9. The zero-order valence-electron chi connectivity index (χ0n) is 13.4. The minimum absolute atomic E-state index is 0.128. The molecule has 24 heavy (non-hydrogen) atoms. The molecule has 0 aromatic heterocycles. The molecular weight excluding hydrogens is 310 g/mol. The lowest BCUT2D eigenvalue weighted by atomic mass is 10.1. The quantitative estimate of drug-likeness (QED) is 0.855. The van der Waals surface area contributed by atoms with Crippen molar-refractivity contribution in [3.05, 3.63) is 47.0 Å². The van der Waals surface area contributed by atoms with Crippen LogP contribution in [0.3, 0.4) is 0 Å². The third-order valence-corrected chi connectivity index (χ3v) is 3.62. The van der Waals surface area contributed by atoms with Crippen molar-refractivity contribution in [2.24, 2.45) is 0 Å². The SMILES string of the molecule is Cc1cc(C=O)cc(C)c1OCC(=O)Nc1ccc2c(c1)OCO2. The summed E-state index contributed by atoms with van der Waals surface area (Å²) >= 11 is 0. The summed E-state index contributed by atoms with van der Waals surface area (Å²) in [7, 11) is 0. The van der Waals surface area contributed by atoms with Crippen LogP contribution in [0.25, 0.3) is 0 Å². The summed E-state index contributed by atoms with van der Waals surface area (Å²) in [4.78, 5) is 22.9. The van der Waals surface area contributed by atoms with Crippen LogP contribution in [-0.2, 0) is 4.79 Å². The Kier molecular flexibility index (Phi) is 4.37. The lowest BCUT2D eigenvalue weighted by Crippen LogP contribution is -2.20. The first-order valence-corrected chi connectivity index (χ1v) is 7.45. The molecule has 3 rings (SSSR count). The molecular formula is C18H17NO5. The smallest absolute Gasteiger partial charge is 0.262 e. The minimum atomic E-state index is -0.285. The molecule has 0 atom stereocenters. The summed E-state index contributed by atoms with van der Waals surface area (Å²) in [5.74, 6) is 1.59. The van der Waals surface area contributed by atoms with Gasteiger partial charge in [0.1, 0.15) is 12.0 Å². The van der Waals surface area contributed by atoms with Gasteiger partial charge in [0.2, 0.25) is 6.79 Å². The fraction of sp³-hybridized carbons (Fsp3) is 0.222. The molecule has 0 aliphatic carbocycles. The second kappa shape index (κ2) is 6.62. The Hall–Kier alpha value is -3.02. The number of aryl methyl sites for hydroxylation is 2. The number of rotatable bonds is 5. The van der Waals surface area contributed by atoms with E-state index in [1.807, 2.05) is 13.8 Å². The molecule has 0 radical (unpaired) electrons. The molecule has 0 saturated carbocycles. The van der Waals surface area contributed by atoms with Gasteiger partial charge in [-0.25, -0.2) is 0 Å². The van der Waals surface area contributed by atoms with Crippen molar-refractivity contribution in [1.82, 2.24) is 0 Å². The molecule has 124 valence electrons. The summed E-state index contributed by atoms with van der Waals surface area (Å²) < 4.78 is 16.1. The maximum Gasteiger partial charge on any atom is 0.262 e. The average molecular weight is 327 g/mol. The van der Waals surface area contributed by atoms with E-state index in [0.717, 1.165) is 17.4 Å². The summed E-state index contributed by atoms with van der Waals surface area (Å²) in [5.41, 5.74) is 2.82. The molecule has 0 saturated heterocycles. The van der Waals surface area contributed by atoms with E-state index in [2.05, 4.69) is 5.32 Å². The van der Waals surface area contributed by atoms with Crippen molar-refractivity contribution in [3.8, 4) is 17.2 Å². The van der Waals surface area contributed by atoms with Crippen LogP contribution < -0.4 is 19.5 Å². The van der Waals surface area contributed by atoms with E-state index in [1.54, 1.807) is 30.3 Å². The zero-order valence-corrected chi connectivity index (χ0v) is 13.4. The van der Waals surface area contributed by atoms with Gasteiger partial charge in [-0.1, -0.05) is 0 Å². The van der Waals surface area contributed by atoms with Gasteiger partial charge in [-0.05, 0) is 49.2 Å². The second-order valence-electron chi connectivity index (χ2n) is 5.51. The number of ether oxygens (including phenoxy) is 3. The molecule has 2 aromatic carbocycles. The summed E-state index contributed by atoms with van der Waals surface area (Å²) in [6.07, 6.45) is 0.788. The second-order valence-corrected chi connectivity index (χ2v) is 5.51. The van der Waals surface area contributed by atoms with Gasteiger partial charge < -0.3 is 19.5 Å². The van der Waals surface area contributed by atoms with Crippen LogP contribution in [0.2, 0.25) is 0 Å². The molecule has 6 nitrogen and oxygen atoms in total. The predicted molar refractivity (Wildman–Crippen MR) is 88.0 cm³/mol. The van der Waals surface area contributed by atoms with Crippen LogP contribution in [0.1, 0.15) is 21.5 Å². The molecule has 1 amide bonds. The molecule has 0 unspecified atom stereocenters. The molecule has 1 heterocycles. The minimum Gasteiger partial charge on any atom is -0.483 e. The van der Waals surface area contributed by atoms with Crippen molar-refractivity contribution in [2.45, 2.75) is 13.8 Å². The number of amides is 1. The summed E-state index contributed by atoms with van der Waals surface area (Å²) in [6, 6.07) is 8.64. The number of hydrogen-bond donors (Lipinski definition) is 1. The molecule has 2 aromatic rings. The van der Waals surface area contributed by atoms with Gasteiger partial charge in [-0.15, -0.1) is 0 Å². The molecule has 0 spiro atoms. The standard InChI is InChI=1S/C18H17NO5/c1-11-5-13(8-20)6-12(2)18(11)22-9-17(21)19-14-3-4-15-16(7-14)24-10-23-15/h3-8H,9-10H2,1-2H3,(H,19,21). The number of carbonyl (C=O) groups is 2. The van der Waals surface area contributed by atoms with E-state index in [-0.39, 0.29) is 19.3 Å². The fourth-order valence-corrected chi connectivity index (χ4v) is 2.59. The Labute approximate surface area is 139 Å². The Balaban J connectivity index is 1.63. The highest BCUT2D eigenvalue weighted by atomic mass is 16.7. The number of anilines is 1. The fourth-order valence-electron chi connectivity index (χ4n) is 2.59. The van der Waals surface area contributed by atoms with Crippen molar-refractivity contribution in [2.75, 3.05) is 18.7 Å².